The van der Waals surface area contributed by atoms with E-state index in [2.05, 4.69) is 21.9 Å². The van der Waals surface area contributed by atoms with Gasteiger partial charge in [0.05, 0.1) is 7.11 Å². The van der Waals surface area contributed by atoms with E-state index in [0.29, 0.717) is 24.8 Å². The third-order valence-corrected chi connectivity index (χ3v) is 6.71. The van der Waals surface area contributed by atoms with E-state index in [1.54, 1.807) is 7.11 Å². The van der Waals surface area contributed by atoms with Crippen LogP contribution in [-0.4, -0.2) is 54.4 Å². The van der Waals surface area contributed by atoms with Crippen LogP contribution in [0.5, 0.6) is 5.75 Å². The second-order valence-corrected chi connectivity index (χ2v) is 8.87. The monoisotopic (exact) mass is 384 g/mol. The molecule has 5 heteroatoms. The van der Waals surface area contributed by atoms with Crippen molar-refractivity contribution < 1.29 is 14.3 Å². The topological polar surface area (TPSA) is 49.9 Å². The summed E-state index contributed by atoms with van der Waals surface area (Å²) in [5, 5.41) is 0. The molecule has 0 unspecified atom stereocenters. The Labute approximate surface area is 168 Å². The van der Waals surface area contributed by atoms with Crippen LogP contribution < -0.4 is 4.74 Å². The molecule has 0 N–H and O–H groups in total. The van der Waals surface area contributed by atoms with Gasteiger partial charge in [0, 0.05) is 43.9 Å². The van der Waals surface area contributed by atoms with Gasteiger partial charge in [-0.2, -0.15) is 0 Å². The Morgan fingerprint density at radius 1 is 1.18 bits per heavy atom. The first-order valence-electron chi connectivity index (χ1n) is 10.8. The number of rotatable bonds is 6. The highest BCUT2D eigenvalue weighted by Gasteiger charge is 2.46. The van der Waals surface area contributed by atoms with E-state index in [0.717, 1.165) is 70.3 Å². The molecule has 3 fully saturated rings. The van der Waals surface area contributed by atoms with Crippen LogP contribution in [-0.2, 0) is 16.0 Å². The number of carbonyl (C=O) groups is 2. The van der Waals surface area contributed by atoms with Gasteiger partial charge >= 0.3 is 0 Å². The van der Waals surface area contributed by atoms with Crippen molar-refractivity contribution in [1.82, 2.24) is 9.80 Å². The number of likely N-dealkylation sites (tertiary alicyclic amines) is 2. The van der Waals surface area contributed by atoms with Crippen molar-refractivity contribution >= 4 is 11.8 Å². The highest BCUT2D eigenvalue weighted by molar-refractivity contribution is 5.78. The molecule has 1 spiro atoms. The molecule has 5 nitrogen and oxygen atoms in total. The lowest BCUT2D eigenvalue weighted by Crippen LogP contribution is -2.55. The molecule has 1 saturated carbocycles. The molecule has 1 atom stereocenters. The van der Waals surface area contributed by atoms with Crippen molar-refractivity contribution in [3.8, 4) is 5.75 Å². The van der Waals surface area contributed by atoms with E-state index in [1.165, 1.54) is 5.56 Å². The summed E-state index contributed by atoms with van der Waals surface area (Å²) in [6.45, 7) is 2.58. The zero-order valence-corrected chi connectivity index (χ0v) is 17.0. The molecule has 1 aromatic carbocycles. The molecular weight excluding hydrogens is 352 g/mol. The first kappa shape index (κ1) is 19.3. The summed E-state index contributed by atoms with van der Waals surface area (Å²) in [6, 6.07) is 8.58. The lowest BCUT2D eigenvalue weighted by atomic mass is 9.73. The maximum atomic E-state index is 12.8. The molecule has 2 aliphatic heterocycles. The van der Waals surface area contributed by atoms with Gasteiger partial charge in [-0.15, -0.1) is 0 Å². The Bertz CT molecular complexity index is 713. The molecule has 0 radical (unpaired) electrons. The van der Waals surface area contributed by atoms with Crippen LogP contribution in [0.25, 0.3) is 0 Å². The number of aryl methyl sites for hydroxylation is 1. The third kappa shape index (κ3) is 4.34. The van der Waals surface area contributed by atoms with Crippen LogP contribution in [0, 0.1) is 5.41 Å². The van der Waals surface area contributed by atoms with Crippen molar-refractivity contribution in [2.24, 2.45) is 5.41 Å². The highest BCUT2D eigenvalue weighted by Crippen LogP contribution is 2.42. The minimum Gasteiger partial charge on any atom is -0.497 e. The van der Waals surface area contributed by atoms with E-state index >= 15 is 0 Å². The normalized spacial score (nSPS) is 25.2. The fourth-order valence-corrected chi connectivity index (χ4v) is 4.91. The average Bonchev–Trinajstić information content (AvgIpc) is 3.56. The fourth-order valence-electron chi connectivity index (χ4n) is 4.91. The molecule has 3 aliphatic rings. The number of ether oxygens (including phenoxy) is 1. The maximum Gasteiger partial charge on any atom is 0.222 e. The van der Waals surface area contributed by atoms with Gasteiger partial charge in [0.2, 0.25) is 11.8 Å². The van der Waals surface area contributed by atoms with Crippen LogP contribution >= 0.6 is 0 Å². The van der Waals surface area contributed by atoms with E-state index in [9.17, 15) is 9.59 Å². The minimum atomic E-state index is 0.139. The van der Waals surface area contributed by atoms with Gasteiger partial charge < -0.3 is 14.5 Å². The van der Waals surface area contributed by atoms with Gasteiger partial charge in [0.15, 0.2) is 0 Å². The summed E-state index contributed by atoms with van der Waals surface area (Å²) in [4.78, 5) is 29.3. The molecule has 1 aliphatic carbocycles. The van der Waals surface area contributed by atoms with E-state index in [1.807, 2.05) is 12.1 Å². The highest BCUT2D eigenvalue weighted by atomic mass is 16.5. The number of piperidine rings is 2. The molecule has 0 aromatic heterocycles. The van der Waals surface area contributed by atoms with Crippen LogP contribution in [0.15, 0.2) is 24.3 Å². The molecule has 28 heavy (non-hydrogen) atoms. The Morgan fingerprint density at radius 2 is 1.96 bits per heavy atom. The van der Waals surface area contributed by atoms with Gasteiger partial charge in [-0.25, -0.2) is 0 Å². The first-order valence-corrected chi connectivity index (χ1v) is 10.8. The largest absolute Gasteiger partial charge is 0.497 e. The summed E-state index contributed by atoms with van der Waals surface area (Å²) in [6.07, 6.45) is 8.55. The van der Waals surface area contributed by atoms with Crippen molar-refractivity contribution in [1.29, 1.82) is 0 Å². The fraction of sp³-hybridized carbons (Fsp3) is 0.652. The zero-order valence-electron chi connectivity index (χ0n) is 17.0. The molecule has 152 valence electrons. The summed E-state index contributed by atoms with van der Waals surface area (Å²) < 4.78 is 5.19. The molecular formula is C23H32N2O3. The Hall–Kier alpha value is -2.04. The first-order chi connectivity index (χ1) is 13.6. The van der Waals surface area contributed by atoms with E-state index in [-0.39, 0.29) is 11.3 Å². The minimum absolute atomic E-state index is 0.139. The second kappa shape index (κ2) is 8.14. The standard InChI is InChI=1S/C23H32N2O3/c1-28-20-10-6-18(7-11-20)4-2-5-21(26)24-15-3-13-23(16-24)14-12-22(27)25(17-23)19-8-9-19/h6-7,10-11,19H,2-5,8-9,12-17H2,1H3/t23-/m1/s1. The number of amides is 2. The quantitative estimate of drug-likeness (QED) is 0.755. The van der Waals surface area contributed by atoms with Gasteiger partial charge in [-0.05, 0) is 62.6 Å². The number of benzene rings is 1. The summed E-state index contributed by atoms with van der Waals surface area (Å²) in [5.41, 5.74) is 1.38. The summed E-state index contributed by atoms with van der Waals surface area (Å²) >= 11 is 0. The van der Waals surface area contributed by atoms with Crippen molar-refractivity contribution in [2.75, 3.05) is 26.7 Å². The molecule has 2 amide bonds. The van der Waals surface area contributed by atoms with Crippen LogP contribution in [0.3, 0.4) is 0 Å². The molecule has 2 heterocycles. The predicted molar refractivity (Wildman–Crippen MR) is 108 cm³/mol. The van der Waals surface area contributed by atoms with Gasteiger partial charge in [-0.1, -0.05) is 12.1 Å². The number of methoxy groups -OCH3 is 1. The average molecular weight is 385 g/mol. The molecule has 2 saturated heterocycles. The number of nitrogens with zero attached hydrogens (tertiary/aromatic N) is 2. The molecule has 1 aromatic rings. The SMILES string of the molecule is COc1ccc(CCCC(=O)N2CCC[C@@]3(CCC(=O)N(C4CC4)C3)C2)cc1. The van der Waals surface area contributed by atoms with Crippen molar-refractivity contribution in [3.05, 3.63) is 29.8 Å². The number of hydrogen-bond acceptors (Lipinski definition) is 3. The Kier molecular flexibility index (Phi) is 5.61. The third-order valence-electron chi connectivity index (χ3n) is 6.71. The predicted octanol–water partition coefficient (Wildman–Crippen LogP) is 3.41. The van der Waals surface area contributed by atoms with Crippen molar-refractivity contribution in [2.45, 2.75) is 63.8 Å². The van der Waals surface area contributed by atoms with E-state index in [4.69, 9.17) is 4.74 Å². The molecule has 0 bridgehead atoms. The Morgan fingerprint density at radius 3 is 2.68 bits per heavy atom. The lowest BCUT2D eigenvalue weighted by Gasteiger charge is -2.48. The Balaban J connectivity index is 1.28. The van der Waals surface area contributed by atoms with E-state index < -0.39 is 0 Å². The lowest BCUT2D eigenvalue weighted by molar-refractivity contribution is -0.143. The van der Waals surface area contributed by atoms with Crippen LogP contribution in [0.2, 0.25) is 0 Å². The molecule has 4 rings (SSSR count). The van der Waals surface area contributed by atoms with Gasteiger partial charge in [0.25, 0.3) is 0 Å². The summed E-state index contributed by atoms with van der Waals surface area (Å²) in [7, 11) is 1.67. The maximum absolute atomic E-state index is 12.8. The van der Waals surface area contributed by atoms with Crippen molar-refractivity contribution in [3.63, 3.8) is 0 Å². The number of hydrogen-bond donors (Lipinski definition) is 0. The smallest absolute Gasteiger partial charge is 0.222 e. The zero-order chi connectivity index (χ0) is 19.6. The van der Waals surface area contributed by atoms with Gasteiger partial charge in [0.1, 0.15) is 5.75 Å². The second-order valence-electron chi connectivity index (χ2n) is 8.87. The summed E-state index contributed by atoms with van der Waals surface area (Å²) in [5.74, 6) is 1.48. The number of carbonyl (C=O) groups excluding carboxylic acids is 2. The van der Waals surface area contributed by atoms with Crippen LogP contribution in [0.4, 0.5) is 0 Å². The van der Waals surface area contributed by atoms with Crippen LogP contribution in [0.1, 0.15) is 56.9 Å². The van der Waals surface area contributed by atoms with Gasteiger partial charge in [-0.3, -0.25) is 9.59 Å².